The monoisotopic (exact) mass is 255 g/mol. The Morgan fingerprint density at radius 1 is 1.05 bits per heavy atom. The second-order valence-corrected chi connectivity index (χ2v) is 4.30. The van der Waals surface area contributed by atoms with Gasteiger partial charge in [0.25, 0.3) is 5.91 Å². The number of amides is 1. The van der Waals surface area contributed by atoms with E-state index in [1.165, 1.54) is 17.7 Å². The Hall–Kier alpha value is -2.13. The van der Waals surface area contributed by atoms with Crippen LogP contribution in [0.5, 0.6) is 0 Å². The predicted octanol–water partition coefficient (Wildman–Crippen LogP) is 2.91. The molecule has 0 aliphatic rings. The molecule has 0 unspecified atom stereocenters. The normalized spacial score (nSPS) is 10.2. The molecule has 0 saturated heterocycles. The summed E-state index contributed by atoms with van der Waals surface area (Å²) in [6.07, 6.45) is 0.736. The van der Waals surface area contributed by atoms with Crippen molar-refractivity contribution < 1.29 is 9.63 Å². The standard InChI is InChI=1S/C16H17NO2/c1-17(19-2)16(18)15-11-7-6-10-14(15)12-13-8-4-3-5-9-13/h3-11H,12H2,1-2H3. The van der Waals surface area contributed by atoms with Gasteiger partial charge in [-0.1, -0.05) is 48.5 Å². The SMILES string of the molecule is CON(C)C(=O)c1ccccc1Cc1ccccc1. The van der Waals surface area contributed by atoms with Crippen molar-refractivity contribution in [1.82, 2.24) is 5.06 Å². The highest BCUT2D eigenvalue weighted by Gasteiger charge is 2.15. The van der Waals surface area contributed by atoms with Gasteiger partial charge in [-0.3, -0.25) is 9.63 Å². The largest absolute Gasteiger partial charge is 0.277 e. The molecule has 2 aromatic rings. The molecule has 2 aromatic carbocycles. The van der Waals surface area contributed by atoms with Crippen LogP contribution in [-0.2, 0) is 11.3 Å². The second kappa shape index (κ2) is 6.16. The van der Waals surface area contributed by atoms with E-state index < -0.39 is 0 Å². The Labute approximate surface area is 113 Å². The minimum atomic E-state index is -0.131. The van der Waals surface area contributed by atoms with Crippen LogP contribution in [0.15, 0.2) is 54.6 Å². The Balaban J connectivity index is 2.29. The molecule has 3 heteroatoms. The number of carbonyl (C=O) groups excluding carboxylic acids is 1. The molecule has 0 fully saturated rings. The van der Waals surface area contributed by atoms with E-state index in [1.54, 1.807) is 7.05 Å². The first-order valence-corrected chi connectivity index (χ1v) is 6.16. The molecule has 0 saturated carbocycles. The number of hydroxylamine groups is 2. The second-order valence-electron chi connectivity index (χ2n) is 4.30. The molecule has 0 N–H and O–H groups in total. The maximum Gasteiger partial charge on any atom is 0.277 e. The summed E-state index contributed by atoms with van der Waals surface area (Å²) >= 11 is 0. The van der Waals surface area contributed by atoms with Crippen molar-refractivity contribution in [3.05, 3.63) is 71.3 Å². The van der Waals surface area contributed by atoms with Crippen LogP contribution in [0.25, 0.3) is 0 Å². The van der Waals surface area contributed by atoms with E-state index in [9.17, 15) is 4.79 Å². The Bertz CT molecular complexity index is 552. The smallest absolute Gasteiger partial charge is 0.274 e. The number of carbonyl (C=O) groups is 1. The van der Waals surface area contributed by atoms with Gasteiger partial charge in [0.05, 0.1) is 7.11 Å². The van der Waals surface area contributed by atoms with E-state index in [0.717, 1.165) is 12.0 Å². The maximum absolute atomic E-state index is 12.2. The summed E-state index contributed by atoms with van der Waals surface area (Å²) in [6, 6.07) is 17.7. The van der Waals surface area contributed by atoms with Gasteiger partial charge in [0, 0.05) is 12.6 Å². The molecule has 0 atom stereocenters. The number of hydrogen-bond donors (Lipinski definition) is 0. The molecule has 0 aliphatic carbocycles. The molecule has 0 radical (unpaired) electrons. The lowest BCUT2D eigenvalue weighted by atomic mass is 9.99. The van der Waals surface area contributed by atoms with E-state index >= 15 is 0 Å². The van der Waals surface area contributed by atoms with Crippen molar-refractivity contribution >= 4 is 5.91 Å². The Morgan fingerprint density at radius 3 is 2.37 bits per heavy atom. The summed E-state index contributed by atoms with van der Waals surface area (Å²) in [5.41, 5.74) is 2.86. The molecule has 0 heterocycles. The Morgan fingerprint density at radius 2 is 1.68 bits per heavy atom. The van der Waals surface area contributed by atoms with Crippen LogP contribution in [-0.4, -0.2) is 25.1 Å². The first-order chi connectivity index (χ1) is 9.22. The lowest BCUT2D eigenvalue weighted by Gasteiger charge is -2.16. The Kier molecular flexibility index (Phi) is 4.31. The van der Waals surface area contributed by atoms with Gasteiger partial charge in [0.15, 0.2) is 0 Å². The molecule has 0 bridgehead atoms. The van der Waals surface area contributed by atoms with Gasteiger partial charge in [-0.2, -0.15) is 0 Å². The summed E-state index contributed by atoms with van der Waals surface area (Å²) in [5.74, 6) is -0.131. The van der Waals surface area contributed by atoms with Crippen LogP contribution in [0, 0.1) is 0 Å². The van der Waals surface area contributed by atoms with Gasteiger partial charge < -0.3 is 0 Å². The van der Waals surface area contributed by atoms with Crippen LogP contribution in [0.2, 0.25) is 0 Å². The predicted molar refractivity (Wildman–Crippen MR) is 74.8 cm³/mol. The van der Waals surface area contributed by atoms with Crippen molar-refractivity contribution in [2.75, 3.05) is 14.2 Å². The van der Waals surface area contributed by atoms with Gasteiger partial charge in [-0.05, 0) is 23.6 Å². The van der Waals surface area contributed by atoms with E-state index in [2.05, 4.69) is 12.1 Å². The van der Waals surface area contributed by atoms with Gasteiger partial charge in [-0.15, -0.1) is 0 Å². The summed E-state index contributed by atoms with van der Waals surface area (Å²) in [7, 11) is 3.10. The first-order valence-electron chi connectivity index (χ1n) is 6.16. The van der Waals surface area contributed by atoms with Crippen molar-refractivity contribution in [3.63, 3.8) is 0 Å². The van der Waals surface area contributed by atoms with Crippen LogP contribution in [0.1, 0.15) is 21.5 Å². The third-order valence-electron chi connectivity index (χ3n) is 3.05. The minimum absolute atomic E-state index is 0.131. The summed E-state index contributed by atoms with van der Waals surface area (Å²) in [5, 5.41) is 1.24. The summed E-state index contributed by atoms with van der Waals surface area (Å²) in [6.45, 7) is 0. The lowest BCUT2D eigenvalue weighted by molar-refractivity contribution is -0.0757. The molecule has 0 aromatic heterocycles. The van der Waals surface area contributed by atoms with E-state index in [1.807, 2.05) is 42.5 Å². The van der Waals surface area contributed by atoms with Gasteiger partial charge >= 0.3 is 0 Å². The zero-order valence-corrected chi connectivity index (χ0v) is 11.2. The highest BCUT2D eigenvalue weighted by molar-refractivity contribution is 5.95. The van der Waals surface area contributed by atoms with Gasteiger partial charge in [-0.25, -0.2) is 5.06 Å². The van der Waals surface area contributed by atoms with Gasteiger partial charge in [0.1, 0.15) is 0 Å². The number of hydrogen-bond acceptors (Lipinski definition) is 2. The highest BCUT2D eigenvalue weighted by Crippen LogP contribution is 2.16. The molecule has 0 aliphatic heterocycles. The number of nitrogens with zero attached hydrogens (tertiary/aromatic N) is 1. The summed E-state index contributed by atoms with van der Waals surface area (Å²) in [4.78, 5) is 17.1. The van der Waals surface area contributed by atoms with Crippen molar-refractivity contribution in [2.24, 2.45) is 0 Å². The average Bonchev–Trinajstić information content (AvgIpc) is 2.47. The molecule has 98 valence electrons. The van der Waals surface area contributed by atoms with Crippen LogP contribution >= 0.6 is 0 Å². The van der Waals surface area contributed by atoms with Crippen LogP contribution in [0.3, 0.4) is 0 Å². The molecule has 0 spiro atoms. The fourth-order valence-electron chi connectivity index (χ4n) is 1.95. The van der Waals surface area contributed by atoms with E-state index in [4.69, 9.17) is 4.84 Å². The fraction of sp³-hybridized carbons (Fsp3) is 0.188. The molecular weight excluding hydrogens is 238 g/mol. The number of benzene rings is 2. The zero-order chi connectivity index (χ0) is 13.7. The number of rotatable bonds is 4. The third-order valence-corrected chi connectivity index (χ3v) is 3.05. The van der Waals surface area contributed by atoms with Crippen LogP contribution in [0.4, 0.5) is 0 Å². The van der Waals surface area contributed by atoms with Crippen molar-refractivity contribution in [3.8, 4) is 0 Å². The topological polar surface area (TPSA) is 29.5 Å². The average molecular weight is 255 g/mol. The molecule has 19 heavy (non-hydrogen) atoms. The quantitative estimate of drug-likeness (QED) is 0.786. The minimum Gasteiger partial charge on any atom is -0.274 e. The fourth-order valence-corrected chi connectivity index (χ4v) is 1.95. The van der Waals surface area contributed by atoms with Crippen molar-refractivity contribution in [1.29, 1.82) is 0 Å². The van der Waals surface area contributed by atoms with E-state index in [-0.39, 0.29) is 5.91 Å². The van der Waals surface area contributed by atoms with E-state index in [0.29, 0.717) is 5.56 Å². The van der Waals surface area contributed by atoms with Crippen molar-refractivity contribution in [2.45, 2.75) is 6.42 Å². The maximum atomic E-state index is 12.2. The van der Waals surface area contributed by atoms with Crippen LogP contribution < -0.4 is 0 Å². The molecule has 1 amide bonds. The lowest BCUT2D eigenvalue weighted by Crippen LogP contribution is -2.26. The molecule has 2 rings (SSSR count). The third kappa shape index (κ3) is 3.20. The summed E-state index contributed by atoms with van der Waals surface area (Å²) < 4.78 is 0. The first kappa shape index (κ1) is 13.3. The highest BCUT2D eigenvalue weighted by atomic mass is 16.7. The van der Waals surface area contributed by atoms with Gasteiger partial charge in [0.2, 0.25) is 0 Å². The molecule has 3 nitrogen and oxygen atoms in total. The zero-order valence-electron chi connectivity index (χ0n) is 11.2. The molecular formula is C16H17NO2.